The topological polar surface area (TPSA) is 89.1 Å². The van der Waals surface area contributed by atoms with Crippen molar-refractivity contribution < 1.29 is 4.79 Å². The van der Waals surface area contributed by atoms with Crippen LogP contribution in [0.15, 0.2) is 6.20 Å². The van der Waals surface area contributed by atoms with Crippen LogP contribution in [-0.2, 0) is 17.9 Å². The molecule has 3 N–H and O–H groups in total. The molecule has 0 unspecified atom stereocenters. The van der Waals surface area contributed by atoms with Crippen LogP contribution in [-0.4, -0.2) is 52.0 Å². The van der Waals surface area contributed by atoms with Crippen LogP contribution in [0, 0.1) is 5.92 Å². The van der Waals surface area contributed by atoms with Gasteiger partial charge in [0.25, 0.3) is 0 Å². The van der Waals surface area contributed by atoms with Crippen molar-refractivity contribution in [2.75, 3.05) is 26.2 Å². The highest BCUT2D eigenvalue weighted by molar-refractivity contribution is 5.75. The molecule has 1 amide bonds. The van der Waals surface area contributed by atoms with Gasteiger partial charge in [0.2, 0.25) is 5.91 Å². The van der Waals surface area contributed by atoms with E-state index in [1.165, 1.54) is 17.5 Å². The molecule has 112 valence electrons. The maximum absolute atomic E-state index is 11.8. The Kier molecular flexibility index (Phi) is 5.49. The number of hydrogen-bond donors (Lipinski definition) is 2. The number of nitrogens with two attached hydrogens (primary N) is 1. The lowest BCUT2D eigenvalue weighted by molar-refractivity contribution is -0.121. The molecule has 1 aliphatic heterocycles. The molecule has 20 heavy (non-hydrogen) atoms. The minimum atomic E-state index is -0.0381. The molecule has 0 saturated carbocycles. The van der Waals surface area contributed by atoms with Crippen molar-refractivity contribution in [3.05, 3.63) is 11.9 Å². The number of carbonyl (C=O) groups excluding carboxylic acids is 1. The first-order valence-electron chi connectivity index (χ1n) is 7.25. The first kappa shape index (κ1) is 14.9. The third kappa shape index (κ3) is 4.57. The van der Waals surface area contributed by atoms with Crippen molar-refractivity contribution in [1.82, 2.24) is 25.2 Å². The van der Waals surface area contributed by atoms with Gasteiger partial charge in [-0.15, -0.1) is 5.10 Å². The number of amides is 1. The second kappa shape index (κ2) is 7.35. The fourth-order valence-electron chi connectivity index (χ4n) is 2.35. The summed E-state index contributed by atoms with van der Waals surface area (Å²) in [5.74, 6) is 0.800. The van der Waals surface area contributed by atoms with Crippen LogP contribution in [0.2, 0.25) is 0 Å². The zero-order valence-corrected chi connectivity index (χ0v) is 12.1. The quantitative estimate of drug-likeness (QED) is 0.739. The number of likely N-dealkylation sites (tertiary alicyclic amines) is 1. The van der Waals surface area contributed by atoms with Gasteiger partial charge >= 0.3 is 0 Å². The van der Waals surface area contributed by atoms with Crippen molar-refractivity contribution in [1.29, 1.82) is 0 Å². The zero-order chi connectivity index (χ0) is 14.4. The second-order valence-corrected chi connectivity index (χ2v) is 5.49. The van der Waals surface area contributed by atoms with Crippen molar-refractivity contribution >= 4 is 5.91 Å². The summed E-state index contributed by atoms with van der Waals surface area (Å²) >= 11 is 0. The van der Waals surface area contributed by atoms with E-state index in [9.17, 15) is 4.79 Å². The van der Waals surface area contributed by atoms with E-state index in [0.29, 0.717) is 18.8 Å². The highest BCUT2D eigenvalue weighted by Crippen LogP contribution is 2.14. The normalized spacial score (nSPS) is 17.3. The molecule has 1 aromatic rings. The largest absolute Gasteiger partial charge is 0.353 e. The number of nitrogens with zero attached hydrogens (tertiary/aromatic N) is 4. The van der Waals surface area contributed by atoms with Gasteiger partial charge in [0, 0.05) is 19.6 Å². The van der Waals surface area contributed by atoms with Crippen LogP contribution < -0.4 is 11.1 Å². The molecule has 0 aromatic carbocycles. The minimum Gasteiger partial charge on any atom is -0.353 e. The smallest absolute Gasteiger partial charge is 0.241 e. The fraction of sp³-hybridized carbons (Fsp3) is 0.769. The Hall–Kier alpha value is -1.47. The van der Waals surface area contributed by atoms with Gasteiger partial charge < -0.3 is 16.0 Å². The molecule has 2 heterocycles. The molecular weight excluding hydrogens is 256 g/mol. The van der Waals surface area contributed by atoms with Crippen molar-refractivity contribution in [3.8, 4) is 0 Å². The monoisotopic (exact) mass is 280 g/mol. The molecule has 0 radical (unpaired) electrons. The van der Waals surface area contributed by atoms with Crippen LogP contribution in [0.25, 0.3) is 0 Å². The summed E-state index contributed by atoms with van der Waals surface area (Å²) in [6.07, 6.45) is 4.22. The van der Waals surface area contributed by atoms with Crippen LogP contribution in [0.4, 0.5) is 0 Å². The minimum absolute atomic E-state index is 0.0381. The number of nitrogens with one attached hydrogen (secondary N) is 1. The Balaban J connectivity index is 1.62. The zero-order valence-electron chi connectivity index (χ0n) is 12.1. The van der Waals surface area contributed by atoms with E-state index in [2.05, 4.69) is 27.5 Å². The predicted molar refractivity (Wildman–Crippen MR) is 75.8 cm³/mol. The molecule has 7 nitrogen and oxygen atoms in total. The lowest BCUT2D eigenvalue weighted by Gasteiger charge is -2.30. The number of rotatable bonds is 6. The van der Waals surface area contributed by atoms with Gasteiger partial charge in [-0.2, -0.15) is 0 Å². The predicted octanol–water partition coefficient (Wildman–Crippen LogP) is -0.415. The summed E-state index contributed by atoms with van der Waals surface area (Å²) in [6, 6.07) is 0. The van der Waals surface area contributed by atoms with Gasteiger partial charge in [-0.05, 0) is 31.8 Å². The molecule has 1 fully saturated rings. The van der Waals surface area contributed by atoms with E-state index in [4.69, 9.17) is 5.73 Å². The van der Waals surface area contributed by atoms with Gasteiger partial charge in [-0.1, -0.05) is 12.1 Å². The number of carbonyl (C=O) groups is 1. The first-order chi connectivity index (χ1) is 9.67. The summed E-state index contributed by atoms with van der Waals surface area (Å²) in [4.78, 5) is 14.2. The Morgan fingerprint density at radius 3 is 2.90 bits per heavy atom. The lowest BCUT2D eigenvalue weighted by atomic mass is 9.99. The first-order valence-corrected chi connectivity index (χ1v) is 7.25. The van der Waals surface area contributed by atoms with Gasteiger partial charge in [0.1, 0.15) is 6.54 Å². The average molecular weight is 280 g/mol. The molecule has 2 rings (SSSR count). The molecule has 1 aliphatic rings. The maximum atomic E-state index is 11.8. The average Bonchev–Trinajstić information content (AvgIpc) is 2.88. The van der Waals surface area contributed by atoms with E-state index in [-0.39, 0.29) is 12.5 Å². The summed E-state index contributed by atoms with van der Waals surface area (Å²) in [5.41, 5.74) is 6.14. The third-order valence-electron chi connectivity index (χ3n) is 3.73. The van der Waals surface area contributed by atoms with Gasteiger partial charge in [-0.25, -0.2) is 4.68 Å². The standard InChI is InChI=1S/C13H24N6O/c1-11-2-5-18(6-3-11)7-4-15-13(20)10-19-9-12(8-14)16-17-19/h9,11H,2-8,10,14H2,1H3,(H,15,20). The Morgan fingerprint density at radius 1 is 1.50 bits per heavy atom. The number of hydrogen-bond acceptors (Lipinski definition) is 5. The van der Waals surface area contributed by atoms with Crippen LogP contribution in [0.1, 0.15) is 25.5 Å². The summed E-state index contributed by atoms with van der Waals surface area (Å²) in [6.45, 7) is 6.72. The van der Waals surface area contributed by atoms with Crippen molar-refractivity contribution in [2.24, 2.45) is 11.7 Å². The Bertz CT molecular complexity index is 424. The van der Waals surface area contributed by atoms with Gasteiger partial charge in [0.15, 0.2) is 0 Å². The van der Waals surface area contributed by atoms with Crippen molar-refractivity contribution in [2.45, 2.75) is 32.9 Å². The van der Waals surface area contributed by atoms with E-state index in [0.717, 1.165) is 25.6 Å². The SMILES string of the molecule is CC1CCN(CCNC(=O)Cn2cc(CN)nn2)CC1. The third-order valence-corrected chi connectivity index (χ3v) is 3.73. The molecular formula is C13H24N6O. The lowest BCUT2D eigenvalue weighted by Crippen LogP contribution is -2.40. The summed E-state index contributed by atoms with van der Waals surface area (Å²) in [5, 5.41) is 10.6. The highest BCUT2D eigenvalue weighted by atomic mass is 16.2. The summed E-state index contributed by atoms with van der Waals surface area (Å²) in [7, 11) is 0. The van der Waals surface area contributed by atoms with Crippen LogP contribution in [0.3, 0.4) is 0 Å². The number of aromatic nitrogens is 3. The number of piperidine rings is 1. The van der Waals surface area contributed by atoms with E-state index >= 15 is 0 Å². The molecule has 0 atom stereocenters. The van der Waals surface area contributed by atoms with Crippen LogP contribution in [0.5, 0.6) is 0 Å². The summed E-state index contributed by atoms with van der Waals surface area (Å²) < 4.78 is 1.51. The second-order valence-electron chi connectivity index (χ2n) is 5.49. The van der Waals surface area contributed by atoms with Crippen LogP contribution >= 0.6 is 0 Å². The molecule has 0 spiro atoms. The maximum Gasteiger partial charge on any atom is 0.241 e. The Labute approximate surface area is 119 Å². The molecule has 0 bridgehead atoms. The van der Waals surface area contributed by atoms with E-state index in [1.807, 2.05) is 0 Å². The van der Waals surface area contributed by atoms with E-state index in [1.54, 1.807) is 6.20 Å². The fourth-order valence-corrected chi connectivity index (χ4v) is 2.35. The highest BCUT2D eigenvalue weighted by Gasteiger charge is 2.15. The van der Waals surface area contributed by atoms with Gasteiger partial charge in [-0.3, -0.25) is 4.79 Å². The Morgan fingerprint density at radius 2 is 2.25 bits per heavy atom. The molecule has 0 aliphatic carbocycles. The molecule has 1 aromatic heterocycles. The molecule has 7 heteroatoms. The van der Waals surface area contributed by atoms with E-state index < -0.39 is 0 Å². The van der Waals surface area contributed by atoms with Gasteiger partial charge in [0.05, 0.1) is 11.9 Å². The van der Waals surface area contributed by atoms with Crippen molar-refractivity contribution in [3.63, 3.8) is 0 Å². The molecule has 1 saturated heterocycles.